The number of aryl methyl sites for hydroxylation is 1. The summed E-state index contributed by atoms with van der Waals surface area (Å²) in [6.45, 7) is 0. The van der Waals surface area contributed by atoms with Gasteiger partial charge in [0.1, 0.15) is 5.78 Å². The highest BCUT2D eigenvalue weighted by Gasteiger charge is 2.11. The molecule has 0 aliphatic heterocycles. The van der Waals surface area contributed by atoms with Crippen LogP contribution in [0.3, 0.4) is 0 Å². The van der Waals surface area contributed by atoms with Gasteiger partial charge in [0.05, 0.1) is 13.5 Å². The molecule has 1 aromatic heterocycles. The van der Waals surface area contributed by atoms with Crippen molar-refractivity contribution in [1.82, 2.24) is 20.2 Å². The first-order valence-electron chi connectivity index (χ1n) is 6.43. The molecular weight excluding hydrogens is 252 g/mol. The fourth-order valence-corrected chi connectivity index (χ4v) is 2.29. The van der Waals surface area contributed by atoms with Crippen molar-refractivity contribution < 1.29 is 4.79 Å². The first kappa shape index (κ1) is 12.5. The topological polar surface area (TPSA) is 60.7 Å². The van der Waals surface area contributed by atoms with E-state index in [1.54, 1.807) is 7.05 Å². The molecule has 0 aliphatic carbocycles. The van der Waals surface area contributed by atoms with Gasteiger partial charge >= 0.3 is 0 Å². The van der Waals surface area contributed by atoms with Gasteiger partial charge in [-0.05, 0) is 21.5 Å². The van der Waals surface area contributed by atoms with E-state index < -0.39 is 0 Å². The zero-order chi connectivity index (χ0) is 13.9. The molecule has 20 heavy (non-hydrogen) atoms. The van der Waals surface area contributed by atoms with Crippen LogP contribution < -0.4 is 0 Å². The van der Waals surface area contributed by atoms with Crippen LogP contribution in [0, 0.1) is 0 Å². The van der Waals surface area contributed by atoms with Crippen LogP contribution in [0.1, 0.15) is 11.4 Å². The van der Waals surface area contributed by atoms with Crippen LogP contribution in [0.5, 0.6) is 0 Å². The smallest absolute Gasteiger partial charge is 0.182 e. The Morgan fingerprint density at radius 2 is 1.90 bits per heavy atom. The average molecular weight is 266 g/mol. The predicted molar refractivity (Wildman–Crippen MR) is 75.2 cm³/mol. The van der Waals surface area contributed by atoms with E-state index in [0.29, 0.717) is 12.2 Å². The summed E-state index contributed by atoms with van der Waals surface area (Å²) in [5.41, 5.74) is 1.04. The lowest BCUT2D eigenvalue weighted by atomic mass is 9.99. The van der Waals surface area contributed by atoms with Crippen LogP contribution in [0.2, 0.25) is 0 Å². The van der Waals surface area contributed by atoms with Crippen LogP contribution in [0.25, 0.3) is 10.8 Å². The van der Waals surface area contributed by atoms with E-state index in [1.807, 2.05) is 42.5 Å². The highest BCUT2D eigenvalue weighted by Crippen LogP contribution is 2.19. The van der Waals surface area contributed by atoms with Crippen molar-refractivity contribution in [1.29, 1.82) is 0 Å². The van der Waals surface area contributed by atoms with Gasteiger partial charge < -0.3 is 0 Å². The van der Waals surface area contributed by atoms with Gasteiger partial charge in [0.15, 0.2) is 5.82 Å². The van der Waals surface area contributed by atoms with E-state index in [4.69, 9.17) is 0 Å². The van der Waals surface area contributed by atoms with Crippen LogP contribution in [-0.2, 0) is 24.7 Å². The second kappa shape index (κ2) is 5.21. The number of Topliss-reactive ketones (excluding diaryl/α,β-unsaturated/α-hetero) is 1. The molecule has 5 heteroatoms. The summed E-state index contributed by atoms with van der Waals surface area (Å²) in [4.78, 5) is 13.5. The lowest BCUT2D eigenvalue weighted by Gasteiger charge is -2.05. The van der Waals surface area contributed by atoms with Crippen molar-refractivity contribution in [3.63, 3.8) is 0 Å². The Kier molecular flexibility index (Phi) is 3.25. The largest absolute Gasteiger partial charge is 0.299 e. The van der Waals surface area contributed by atoms with Crippen molar-refractivity contribution in [2.45, 2.75) is 12.8 Å². The normalized spacial score (nSPS) is 10.8. The Bertz CT molecular complexity index is 758. The third kappa shape index (κ3) is 2.56. The Morgan fingerprint density at radius 3 is 2.70 bits per heavy atom. The number of carbonyl (C=O) groups is 1. The number of tetrazole rings is 1. The van der Waals surface area contributed by atoms with Crippen molar-refractivity contribution in [3.8, 4) is 0 Å². The number of aromatic nitrogens is 4. The Labute approximate surface area is 116 Å². The predicted octanol–water partition coefficient (Wildman–Crippen LogP) is 1.72. The van der Waals surface area contributed by atoms with Crippen molar-refractivity contribution in [2.75, 3.05) is 0 Å². The molecule has 0 saturated carbocycles. The second-order valence-electron chi connectivity index (χ2n) is 4.73. The van der Waals surface area contributed by atoms with E-state index in [-0.39, 0.29) is 12.2 Å². The molecule has 0 atom stereocenters. The summed E-state index contributed by atoms with van der Waals surface area (Å²) in [6.07, 6.45) is 0.608. The Hall–Kier alpha value is -2.56. The summed E-state index contributed by atoms with van der Waals surface area (Å²) in [6, 6.07) is 14.1. The van der Waals surface area contributed by atoms with Crippen LogP contribution in [-0.4, -0.2) is 26.0 Å². The van der Waals surface area contributed by atoms with E-state index in [2.05, 4.69) is 15.4 Å². The molecule has 5 nitrogen and oxygen atoms in total. The van der Waals surface area contributed by atoms with Crippen molar-refractivity contribution in [3.05, 3.63) is 53.9 Å². The summed E-state index contributed by atoms with van der Waals surface area (Å²) < 4.78 is 0. The fraction of sp³-hybridized carbons (Fsp3) is 0.200. The van der Waals surface area contributed by atoms with E-state index >= 15 is 0 Å². The molecule has 2 aromatic carbocycles. The van der Waals surface area contributed by atoms with E-state index in [0.717, 1.165) is 16.3 Å². The van der Waals surface area contributed by atoms with Crippen LogP contribution in [0.15, 0.2) is 42.5 Å². The van der Waals surface area contributed by atoms with Gasteiger partial charge in [-0.25, -0.2) is 0 Å². The maximum atomic E-state index is 12.1. The lowest BCUT2D eigenvalue weighted by Crippen LogP contribution is -2.08. The molecule has 100 valence electrons. The minimum atomic E-state index is 0.0920. The quantitative estimate of drug-likeness (QED) is 0.721. The number of ketones is 1. The Morgan fingerprint density at radius 1 is 1.10 bits per heavy atom. The standard InChI is InChI=1S/C15H14N4O/c1-19-17-15(16-18-19)10-13(20)9-12-7-4-6-11-5-2-3-8-14(11)12/h2-8H,9-10H2,1H3. The number of nitrogens with zero attached hydrogens (tertiary/aromatic N) is 4. The summed E-state index contributed by atoms with van der Waals surface area (Å²) in [5, 5.41) is 13.9. The van der Waals surface area contributed by atoms with Crippen molar-refractivity contribution in [2.24, 2.45) is 7.05 Å². The molecule has 0 aliphatic rings. The first-order chi connectivity index (χ1) is 9.72. The molecule has 0 N–H and O–H groups in total. The van der Waals surface area contributed by atoms with Gasteiger partial charge in [-0.3, -0.25) is 4.79 Å². The highest BCUT2D eigenvalue weighted by atomic mass is 16.1. The third-order valence-electron chi connectivity index (χ3n) is 3.17. The molecule has 0 unspecified atom stereocenters. The van der Waals surface area contributed by atoms with Gasteiger partial charge in [-0.15, -0.1) is 10.2 Å². The number of carbonyl (C=O) groups excluding carboxylic acids is 1. The van der Waals surface area contributed by atoms with Gasteiger partial charge in [0, 0.05) is 6.42 Å². The zero-order valence-electron chi connectivity index (χ0n) is 11.2. The SMILES string of the molecule is Cn1nnc(CC(=O)Cc2cccc3ccccc23)n1. The van der Waals surface area contributed by atoms with Gasteiger partial charge in [-0.1, -0.05) is 42.5 Å². The number of fused-ring (bicyclic) bond motifs is 1. The molecule has 3 rings (SSSR count). The number of rotatable bonds is 4. The summed E-state index contributed by atoms with van der Waals surface area (Å²) in [5.74, 6) is 0.562. The molecule has 3 aromatic rings. The zero-order valence-corrected chi connectivity index (χ0v) is 11.2. The highest BCUT2D eigenvalue weighted by molar-refractivity contribution is 5.91. The molecule has 0 saturated heterocycles. The Balaban J connectivity index is 1.81. The van der Waals surface area contributed by atoms with Gasteiger partial charge in [0.25, 0.3) is 0 Å². The van der Waals surface area contributed by atoms with Crippen LogP contribution >= 0.6 is 0 Å². The fourth-order valence-electron chi connectivity index (χ4n) is 2.29. The van der Waals surface area contributed by atoms with Gasteiger partial charge in [-0.2, -0.15) is 4.80 Å². The summed E-state index contributed by atoms with van der Waals surface area (Å²) >= 11 is 0. The maximum Gasteiger partial charge on any atom is 0.182 e. The summed E-state index contributed by atoms with van der Waals surface area (Å²) in [7, 11) is 1.69. The second-order valence-corrected chi connectivity index (χ2v) is 4.73. The minimum Gasteiger partial charge on any atom is -0.299 e. The number of hydrogen-bond donors (Lipinski definition) is 0. The minimum absolute atomic E-state index is 0.0920. The number of hydrogen-bond acceptors (Lipinski definition) is 4. The van der Waals surface area contributed by atoms with E-state index in [1.165, 1.54) is 4.80 Å². The average Bonchev–Trinajstić information content (AvgIpc) is 2.84. The third-order valence-corrected chi connectivity index (χ3v) is 3.17. The molecule has 0 fully saturated rings. The molecule has 0 amide bonds. The maximum absolute atomic E-state index is 12.1. The number of benzene rings is 2. The molecule has 0 bridgehead atoms. The van der Waals surface area contributed by atoms with E-state index in [9.17, 15) is 4.79 Å². The van der Waals surface area contributed by atoms with Crippen molar-refractivity contribution >= 4 is 16.6 Å². The molecule has 0 spiro atoms. The lowest BCUT2D eigenvalue weighted by molar-refractivity contribution is -0.117. The van der Waals surface area contributed by atoms with Gasteiger partial charge in [0.2, 0.25) is 0 Å². The monoisotopic (exact) mass is 266 g/mol. The molecule has 0 radical (unpaired) electrons. The first-order valence-corrected chi connectivity index (χ1v) is 6.43. The van der Waals surface area contributed by atoms with Crippen LogP contribution in [0.4, 0.5) is 0 Å². The molecular formula is C15H14N4O. The molecule has 1 heterocycles.